The molecule has 70 heavy (non-hydrogen) atoms. The van der Waals surface area contributed by atoms with Crippen LogP contribution in [-0.4, -0.2) is 24.1 Å². The standard InChI is InChI=1S/C65H53N5/c1-3-5-18-44-30-37-58-56(40-44)55-36-39-60-61(62(55)69(58)54-28-14-9-15-29-54)57-41-45(19-6-4-2)31-38-59(57)70(60)65-67-63(66-64(68-65)53-27-17-26-52(43-53)47-22-12-8-13-23-47)49-34-32-48(33-35-49)51-25-16-24-50(42-51)46-20-10-7-11-21-46/h7-17,20-43H,3-6,18-19H2,1-2H3. The maximum atomic E-state index is 5.46. The van der Waals surface area contributed by atoms with E-state index >= 15 is 0 Å². The van der Waals surface area contributed by atoms with Crippen molar-refractivity contribution in [3.05, 3.63) is 223 Å². The minimum absolute atomic E-state index is 0.578. The van der Waals surface area contributed by atoms with Crippen molar-refractivity contribution >= 4 is 43.6 Å². The second-order valence-corrected chi connectivity index (χ2v) is 18.5. The lowest BCUT2D eigenvalue weighted by molar-refractivity contribution is 0.796. The van der Waals surface area contributed by atoms with Gasteiger partial charge in [0.2, 0.25) is 5.95 Å². The highest BCUT2D eigenvalue weighted by molar-refractivity contribution is 6.26. The van der Waals surface area contributed by atoms with Gasteiger partial charge in [-0.25, -0.2) is 4.98 Å². The summed E-state index contributed by atoms with van der Waals surface area (Å²) in [5.41, 5.74) is 17.1. The Bertz CT molecular complexity index is 3830. The highest BCUT2D eigenvalue weighted by Crippen LogP contribution is 2.43. The van der Waals surface area contributed by atoms with Crippen molar-refractivity contribution in [1.82, 2.24) is 24.1 Å². The van der Waals surface area contributed by atoms with E-state index in [2.05, 4.69) is 235 Å². The fraction of sp³-hybridized carbons (Fsp3) is 0.123. The Kier molecular flexibility index (Phi) is 11.4. The molecule has 5 nitrogen and oxygen atoms in total. The third-order valence-corrected chi connectivity index (χ3v) is 13.9. The van der Waals surface area contributed by atoms with Crippen LogP contribution in [0.3, 0.4) is 0 Å². The summed E-state index contributed by atoms with van der Waals surface area (Å²) >= 11 is 0. The van der Waals surface area contributed by atoms with Gasteiger partial charge in [-0.3, -0.25) is 4.57 Å². The number of unbranched alkanes of at least 4 members (excludes halogenated alkanes) is 2. The molecule has 9 aromatic carbocycles. The predicted octanol–water partition coefficient (Wildman–Crippen LogP) is 17.1. The number of hydrogen-bond acceptors (Lipinski definition) is 3. The van der Waals surface area contributed by atoms with Crippen LogP contribution >= 0.6 is 0 Å². The zero-order valence-corrected chi connectivity index (χ0v) is 39.7. The molecule has 0 unspecified atom stereocenters. The lowest BCUT2D eigenvalue weighted by Crippen LogP contribution is -2.06. The van der Waals surface area contributed by atoms with E-state index < -0.39 is 0 Å². The van der Waals surface area contributed by atoms with Gasteiger partial charge in [-0.1, -0.05) is 184 Å². The Morgan fingerprint density at radius 1 is 0.343 bits per heavy atom. The van der Waals surface area contributed by atoms with Crippen molar-refractivity contribution in [1.29, 1.82) is 0 Å². The molecule has 0 aliphatic carbocycles. The van der Waals surface area contributed by atoms with Crippen molar-refractivity contribution in [2.75, 3.05) is 0 Å². The Morgan fingerprint density at radius 3 is 1.41 bits per heavy atom. The largest absolute Gasteiger partial charge is 0.309 e. The third kappa shape index (κ3) is 7.93. The van der Waals surface area contributed by atoms with Gasteiger partial charge in [0.25, 0.3) is 0 Å². The number of nitrogens with zero attached hydrogens (tertiary/aromatic N) is 5. The summed E-state index contributed by atoms with van der Waals surface area (Å²) < 4.78 is 4.77. The molecule has 0 fully saturated rings. The maximum absolute atomic E-state index is 5.46. The van der Waals surface area contributed by atoms with E-state index in [1.807, 2.05) is 0 Å². The first-order valence-corrected chi connectivity index (χ1v) is 24.9. The van der Waals surface area contributed by atoms with E-state index in [9.17, 15) is 0 Å². The maximum Gasteiger partial charge on any atom is 0.238 e. The second-order valence-electron chi connectivity index (χ2n) is 18.5. The van der Waals surface area contributed by atoms with Gasteiger partial charge in [0.15, 0.2) is 11.6 Å². The van der Waals surface area contributed by atoms with Crippen LogP contribution in [0, 0.1) is 0 Å². The predicted molar refractivity (Wildman–Crippen MR) is 293 cm³/mol. The van der Waals surface area contributed by atoms with E-state index in [4.69, 9.17) is 15.0 Å². The van der Waals surface area contributed by atoms with E-state index in [1.54, 1.807) is 0 Å². The van der Waals surface area contributed by atoms with Gasteiger partial charge in [-0.05, 0) is 125 Å². The lowest BCUT2D eigenvalue weighted by Gasteiger charge is -2.12. The van der Waals surface area contributed by atoms with Gasteiger partial charge in [0, 0.05) is 38.4 Å². The molecule has 0 saturated heterocycles. The van der Waals surface area contributed by atoms with Crippen molar-refractivity contribution in [3.63, 3.8) is 0 Å². The lowest BCUT2D eigenvalue weighted by atomic mass is 9.98. The molecule has 0 radical (unpaired) electrons. The number of aromatic nitrogens is 5. The number of fused-ring (bicyclic) bond motifs is 7. The third-order valence-electron chi connectivity index (χ3n) is 13.9. The van der Waals surface area contributed by atoms with Crippen LogP contribution in [0.1, 0.15) is 50.7 Å². The minimum atomic E-state index is 0.578. The molecule has 3 heterocycles. The SMILES string of the molecule is CCCCc1ccc2c(c1)c1c(ccc3c4cc(CCCC)ccc4n(-c4ccccc4)c31)n2-c1nc(-c2ccc(-c3cccc(-c4ccccc4)c3)cc2)nc(-c2cccc(-c3ccccc3)c2)n1. The number of para-hydroxylation sites is 1. The number of hydrogen-bond donors (Lipinski definition) is 0. The molecule has 0 atom stereocenters. The molecule has 0 aliphatic heterocycles. The number of aryl methyl sites for hydroxylation is 2. The van der Waals surface area contributed by atoms with Gasteiger partial charge in [0.1, 0.15) is 0 Å². The molecule has 0 amide bonds. The highest BCUT2D eigenvalue weighted by atomic mass is 15.2. The monoisotopic (exact) mass is 903 g/mol. The Balaban J connectivity index is 1.10. The van der Waals surface area contributed by atoms with E-state index in [0.29, 0.717) is 17.6 Å². The minimum Gasteiger partial charge on any atom is -0.309 e. The number of rotatable bonds is 13. The summed E-state index contributed by atoms with van der Waals surface area (Å²) in [5.74, 6) is 1.81. The summed E-state index contributed by atoms with van der Waals surface area (Å²) in [5, 5.41) is 4.90. The normalized spacial score (nSPS) is 11.6. The molecular weight excluding hydrogens is 851 g/mol. The first-order valence-electron chi connectivity index (χ1n) is 24.9. The second kappa shape index (κ2) is 18.6. The fourth-order valence-corrected chi connectivity index (χ4v) is 10.4. The zero-order chi connectivity index (χ0) is 47.0. The summed E-state index contributed by atoms with van der Waals surface area (Å²) in [4.78, 5) is 16.2. The van der Waals surface area contributed by atoms with Gasteiger partial charge in [-0.2, -0.15) is 9.97 Å². The van der Waals surface area contributed by atoms with Crippen molar-refractivity contribution < 1.29 is 0 Å². The topological polar surface area (TPSA) is 48.5 Å². The van der Waals surface area contributed by atoms with Crippen molar-refractivity contribution in [2.24, 2.45) is 0 Å². The van der Waals surface area contributed by atoms with Crippen LogP contribution in [-0.2, 0) is 12.8 Å². The Labute approximate surface area is 409 Å². The molecule has 0 saturated carbocycles. The molecular formula is C65H53N5. The summed E-state index contributed by atoms with van der Waals surface area (Å²) in [6, 6.07) is 76.6. The summed E-state index contributed by atoms with van der Waals surface area (Å²) in [6.07, 6.45) is 6.68. The summed E-state index contributed by atoms with van der Waals surface area (Å²) in [7, 11) is 0. The molecule has 12 aromatic rings. The summed E-state index contributed by atoms with van der Waals surface area (Å²) in [6.45, 7) is 4.54. The average molecular weight is 904 g/mol. The van der Waals surface area contributed by atoms with Crippen LogP contribution in [0.5, 0.6) is 0 Å². The van der Waals surface area contributed by atoms with Crippen molar-refractivity contribution in [2.45, 2.75) is 52.4 Å². The van der Waals surface area contributed by atoms with Crippen LogP contribution in [0.25, 0.3) is 111 Å². The molecule has 5 heteroatoms. The van der Waals surface area contributed by atoms with E-state index in [-0.39, 0.29) is 0 Å². The van der Waals surface area contributed by atoms with Gasteiger partial charge >= 0.3 is 0 Å². The smallest absolute Gasteiger partial charge is 0.238 e. The Hall–Kier alpha value is -8.41. The molecule has 0 N–H and O–H groups in total. The van der Waals surface area contributed by atoms with Gasteiger partial charge in [0.05, 0.1) is 22.1 Å². The first-order chi connectivity index (χ1) is 34.6. The number of benzene rings is 9. The van der Waals surface area contributed by atoms with Crippen molar-refractivity contribution in [3.8, 4) is 67.8 Å². The van der Waals surface area contributed by atoms with Crippen LogP contribution in [0.15, 0.2) is 212 Å². The molecule has 3 aromatic heterocycles. The van der Waals surface area contributed by atoms with Gasteiger partial charge < -0.3 is 4.57 Å². The molecule has 338 valence electrons. The highest BCUT2D eigenvalue weighted by Gasteiger charge is 2.24. The Morgan fingerprint density at radius 2 is 0.814 bits per heavy atom. The van der Waals surface area contributed by atoms with Crippen LogP contribution in [0.4, 0.5) is 0 Å². The zero-order valence-electron chi connectivity index (χ0n) is 39.7. The quantitative estimate of drug-likeness (QED) is 0.116. The van der Waals surface area contributed by atoms with E-state index in [1.165, 1.54) is 61.3 Å². The van der Waals surface area contributed by atoms with Crippen LogP contribution in [0.2, 0.25) is 0 Å². The molecule has 12 rings (SSSR count). The van der Waals surface area contributed by atoms with Crippen LogP contribution < -0.4 is 0 Å². The van der Waals surface area contributed by atoms with Gasteiger partial charge in [-0.15, -0.1) is 0 Å². The average Bonchev–Trinajstić information content (AvgIpc) is 3.95. The molecule has 0 spiro atoms. The first kappa shape index (κ1) is 42.9. The fourth-order valence-electron chi connectivity index (χ4n) is 10.4. The van der Waals surface area contributed by atoms with E-state index in [0.717, 1.165) is 82.2 Å². The molecule has 0 aliphatic rings. The molecule has 0 bridgehead atoms.